The zero-order valence-electron chi connectivity index (χ0n) is 13.5. The van der Waals surface area contributed by atoms with Crippen molar-refractivity contribution in [2.45, 2.75) is 38.3 Å². The van der Waals surface area contributed by atoms with Crippen LogP contribution in [-0.4, -0.2) is 23.9 Å². The second-order valence-electron chi connectivity index (χ2n) is 6.15. The second kappa shape index (κ2) is 6.88. The maximum atomic E-state index is 12.5. The number of carbonyl (C=O) groups excluding carboxylic acids is 2. The van der Waals surface area contributed by atoms with Crippen molar-refractivity contribution in [3.8, 4) is 0 Å². The van der Waals surface area contributed by atoms with Gasteiger partial charge in [0.05, 0.1) is 6.26 Å². The van der Waals surface area contributed by atoms with Gasteiger partial charge in [-0.2, -0.15) is 0 Å². The Hall–Kier alpha value is -2.60. The minimum Gasteiger partial charge on any atom is -0.459 e. The highest BCUT2D eigenvalue weighted by Gasteiger charge is 2.24. The van der Waals surface area contributed by atoms with E-state index < -0.39 is 0 Å². The number of anilines is 1. The van der Waals surface area contributed by atoms with E-state index >= 15 is 0 Å². The number of benzene rings is 1. The van der Waals surface area contributed by atoms with Gasteiger partial charge in [0, 0.05) is 23.3 Å². The second-order valence-corrected chi connectivity index (χ2v) is 6.15. The highest BCUT2D eigenvalue weighted by molar-refractivity contribution is 6.04. The molecular formula is C18H21N3O3. The summed E-state index contributed by atoms with van der Waals surface area (Å²) in [6, 6.07) is 8.78. The summed E-state index contributed by atoms with van der Waals surface area (Å²) >= 11 is 0. The molecule has 2 aromatic rings. The Morgan fingerprint density at radius 1 is 1.17 bits per heavy atom. The predicted molar refractivity (Wildman–Crippen MR) is 90.9 cm³/mol. The van der Waals surface area contributed by atoms with E-state index in [1.54, 1.807) is 30.3 Å². The van der Waals surface area contributed by atoms with Crippen molar-refractivity contribution >= 4 is 17.5 Å². The maximum absolute atomic E-state index is 12.5. The fraction of sp³-hybridized carbons (Fsp3) is 0.333. The molecule has 1 aromatic heterocycles. The summed E-state index contributed by atoms with van der Waals surface area (Å²) in [4.78, 5) is 24.6. The molecule has 24 heavy (non-hydrogen) atoms. The maximum Gasteiger partial charge on any atom is 0.291 e. The molecule has 1 aromatic carbocycles. The summed E-state index contributed by atoms with van der Waals surface area (Å²) < 4.78 is 5.08. The van der Waals surface area contributed by atoms with E-state index in [4.69, 9.17) is 10.2 Å². The van der Waals surface area contributed by atoms with E-state index in [0.29, 0.717) is 11.3 Å². The Morgan fingerprint density at radius 2 is 2.00 bits per heavy atom. The van der Waals surface area contributed by atoms with Gasteiger partial charge in [0.25, 0.3) is 11.8 Å². The summed E-state index contributed by atoms with van der Waals surface area (Å²) in [5, 5.41) is 5.80. The van der Waals surface area contributed by atoms with Crippen LogP contribution in [0.5, 0.6) is 0 Å². The summed E-state index contributed by atoms with van der Waals surface area (Å²) in [7, 11) is 0. The molecule has 1 fully saturated rings. The number of hydrogen-bond donors (Lipinski definition) is 3. The van der Waals surface area contributed by atoms with Crippen LogP contribution in [0.4, 0.5) is 5.69 Å². The molecule has 3 rings (SSSR count). The Morgan fingerprint density at radius 3 is 2.67 bits per heavy atom. The third kappa shape index (κ3) is 3.49. The first-order chi connectivity index (χ1) is 11.5. The van der Waals surface area contributed by atoms with Gasteiger partial charge in [-0.25, -0.2) is 0 Å². The molecule has 4 N–H and O–H groups in total. The molecule has 6 heteroatoms. The van der Waals surface area contributed by atoms with Gasteiger partial charge in [-0.15, -0.1) is 0 Å². The standard InChI is InChI=1S/C18H21N3O3/c1-11-14(17(22)20-13-8-7-12(19)10-13)4-2-5-15(11)21-18(23)16-6-3-9-24-16/h2-6,9,12-13H,7-8,10,19H2,1H3,(H,20,22)(H,21,23)/t12-,13-/m0/s1. The van der Waals surface area contributed by atoms with Crippen molar-refractivity contribution in [2.24, 2.45) is 5.73 Å². The topological polar surface area (TPSA) is 97.4 Å². The van der Waals surface area contributed by atoms with E-state index in [9.17, 15) is 9.59 Å². The third-order valence-electron chi connectivity index (χ3n) is 4.38. The van der Waals surface area contributed by atoms with E-state index in [1.165, 1.54) is 6.26 Å². The first kappa shape index (κ1) is 16.3. The zero-order chi connectivity index (χ0) is 17.1. The number of rotatable bonds is 4. The molecule has 1 aliphatic carbocycles. The fourth-order valence-corrected chi connectivity index (χ4v) is 3.02. The lowest BCUT2D eigenvalue weighted by Gasteiger charge is -2.15. The van der Waals surface area contributed by atoms with Crippen LogP contribution >= 0.6 is 0 Å². The minimum atomic E-state index is -0.345. The van der Waals surface area contributed by atoms with Crippen LogP contribution < -0.4 is 16.4 Å². The van der Waals surface area contributed by atoms with Crippen LogP contribution in [0.3, 0.4) is 0 Å². The summed E-state index contributed by atoms with van der Waals surface area (Å²) in [5.74, 6) is -0.257. The Labute approximate surface area is 140 Å². The van der Waals surface area contributed by atoms with Gasteiger partial charge in [0.2, 0.25) is 0 Å². The van der Waals surface area contributed by atoms with Crippen LogP contribution in [0, 0.1) is 6.92 Å². The van der Waals surface area contributed by atoms with Crippen molar-refractivity contribution in [3.05, 3.63) is 53.5 Å². The van der Waals surface area contributed by atoms with Crippen molar-refractivity contribution in [1.82, 2.24) is 5.32 Å². The summed E-state index contributed by atoms with van der Waals surface area (Å²) in [5.41, 5.74) is 7.75. The molecule has 0 aliphatic heterocycles. The van der Waals surface area contributed by atoms with Crippen molar-refractivity contribution in [3.63, 3.8) is 0 Å². The lowest BCUT2D eigenvalue weighted by molar-refractivity contribution is 0.0935. The zero-order valence-corrected chi connectivity index (χ0v) is 13.5. The average Bonchev–Trinajstić information content (AvgIpc) is 3.21. The van der Waals surface area contributed by atoms with Gasteiger partial charge < -0.3 is 20.8 Å². The lowest BCUT2D eigenvalue weighted by Crippen LogP contribution is -2.34. The first-order valence-corrected chi connectivity index (χ1v) is 8.05. The van der Waals surface area contributed by atoms with Crippen LogP contribution in [-0.2, 0) is 0 Å². The van der Waals surface area contributed by atoms with Gasteiger partial charge in [0.1, 0.15) is 0 Å². The molecule has 2 amide bonds. The van der Waals surface area contributed by atoms with Crippen molar-refractivity contribution in [2.75, 3.05) is 5.32 Å². The van der Waals surface area contributed by atoms with Gasteiger partial charge in [-0.1, -0.05) is 6.07 Å². The van der Waals surface area contributed by atoms with Crippen molar-refractivity contribution in [1.29, 1.82) is 0 Å². The monoisotopic (exact) mass is 327 g/mol. The van der Waals surface area contributed by atoms with Crippen LogP contribution in [0.1, 0.15) is 45.7 Å². The first-order valence-electron chi connectivity index (χ1n) is 8.05. The largest absolute Gasteiger partial charge is 0.459 e. The highest BCUT2D eigenvalue weighted by Crippen LogP contribution is 2.22. The van der Waals surface area contributed by atoms with Gasteiger partial charge >= 0.3 is 0 Å². The number of furan rings is 1. The molecule has 1 heterocycles. The molecular weight excluding hydrogens is 306 g/mol. The SMILES string of the molecule is Cc1c(NC(=O)c2ccco2)cccc1C(=O)N[C@H]1CC[C@H](N)C1. The molecule has 0 unspecified atom stereocenters. The normalized spacial score (nSPS) is 19.9. The molecule has 0 spiro atoms. The fourth-order valence-electron chi connectivity index (χ4n) is 3.02. The number of nitrogens with one attached hydrogen (secondary N) is 2. The van der Waals surface area contributed by atoms with Gasteiger partial charge in [-0.3, -0.25) is 9.59 Å². The number of nitrogens with two attached hydrogens (primary N) is 1. The highest BCUT2D eigenvalue weighted by atomic mass is 16.3. The van der Waals surface area contributed by atoms with E-state index in [2.05, 4.69) is 10.6 Å². The lowest BCUT2D eigenvalue weighted by atomic mass is 10.1. The summed E-state index contributed by atoms with van der Waals surface area (Å²) in [6.07, 6.45) is 4.09. The summed E-state index contributed by atoms with van der Waals surface area (Å²) in [6.45, 7) is 1.81. The number of hydrogen-bond acceptors (Lipinski definition) is 4. The number of amides is 2. The van der Waals surface area contributed by atoms with E-state index in [-0.39, 0.29) is 29.7 Å². The molecule has 0 bridgehead atoms. The van der Waals surface area contributed by atoms with Crippen LogP contribution in [0.25, 0.3) is 0 Å². The van der Waals surface area contributed by atoms with Crippen LogP contribution in [0.15, 0.2) is 41.0 Å². The molecule has 126 valence electrons. The van der Waals surface area contributed by atoms with Crippen LogP contribution in [0.2, 0.25) is 0 Å². The number of carbonyl (C=O) groups is 2. The molecule has 0 radical (unpaired) electrons. The molecule has 1 saturated carbocycles. The molecule has 6 nitrogen and oxygen atoms in total. The average molecular weight is 327 g/mol. The van der Waals surface area contributed by atoms with Crippen molar-refractivity contribution < 1.29 is 14.0 Å². The minimum absolute atomic E-state index is 0.119. The van der Waals surface area contributed by atoms with Gasteiger partial charge in [-0.05, 0) is 56.0 Å². The smallest absolute Gasteiger partial charge is 0.291 e. The van der Waals surface area contributed by atoms with E-state index in [0.717, 1.165) is 24.8 Å². The van der Waals surface area contributed by atoms with Gasteiger partial charge in [0.15, 0.2) is 5.76 Å². The van der Waals surface area contributed by atoms with E-state index in [1.807, 2.05) is 6.92 Å². The molecule has 0 saturated heterocycles. The predicted octanol–water partition coefficient (Wildman–Crippen LogP) is 2.45. The quantitative estimate of drug-likeness (QED) is 0.803. The Kier molecular flexibility index (Phi) is 4.66. The molecule has 1 aliphatic rings. The molecule has 2 atom stereocenters. The third-order valence-corrected chi connectivity index (χ3v) is 4.38. The Balaban J connectivity index is 1.73. The Bertz CT molecular complexity index is 740.